The van der Waals surface area contributed by atoms with E-state index in [0.29, 0.717) is 19.3 Å². The van der Waals surface area contributed by atoms with Crippen molar-refractivity contribution < 1.29 is 28.6 Å². The van der Waals surface area contributed by atoms with Gasteiger partial charge < -0.3 is 14.2 Å². The van der Waals surface area contributed by atoms with Crippen molar-refractivity contribution in [3.05, 3.63) is 60.8 Å². The fourth-order valence-electron chi connectivity index (χ4n) is 8.42. The zero-order valence-electron chi connectivity index (χ0n) is 45.1. The molecule has 68 heavy (non-hydrogen) atoms. The van der Waals surface area contributed by atoms with E-state index in [9.17, 15) is 14.4 Å². The van der Waals surface area contributed by atoms with Crippen molar-refractivity contribution in [3.8, 4) is 0 Å². The average molecular weight is 952 g/mol. The molecule has 0 unspecified atom stereocenters. The lowest BCUT2D eigenvalue weighted by Crippen LogP contribution is -2.30. The third-order valence-electron chi connectivity index (χ3n) is 12.8. The number of hydrogen-bond donors (Lipinski definition) is 0. The lowest BCUT2D eigenvalue weighted by Gasteiger charge is -2.18. The highest BCUT2D eigenvalue weighted by Gasteiger charge is 2.19. The minimum Gasteiger partial charge on any atom is -0.462 e. The Bertz CT molecular complexity index is 1230. The van der Waals surface area contributed by atoms with Gasteiger partial charge in [-0.1, -0.05) is 281 Å². The van der Waals surface area contributed by atoms with E-state index in [4.69, 9.17) is 14.2 Å². The number of esters is 3. The zero-order chi connectivity index (χ0) is 49.3. The van der Waals surface area contributed by atoms with Gasteiger partial charge >= 0.3 is 17.9 Å². The van der Waals surface area contributed by atoms with Crippen LogP contribution >= 0.6 is 0 Å². The molecule has 0 saturated heterocycles. The molecule has 0 aromatic heterocycles. The first-order chi connectivity index (χ1) is 33.5. The van der Waals surface area contributed by atoms with Gasteiger partial charge in [-0.3, -0.25) is 14.4 Å². The van der Waals surface area contributed by atoms with Crippen LogP contribution in [0.2, 0.25) is 0 Å². The summed E-state index contributed by atoms with van der Waals surface area (Å²) in [6.45, 7) is 6.52. The average Bonchev–Trinajstić information content (AvgIpc) is 3.34. The van der Waals surface area contributed by atoms with E-state index >= 15 is 0 Å². The van der Waals surface area contributed by atoms with Gasteiger partial charge in [-0.25, -0.2) is 0 Å². The number of ether oxygens (including phenoxy) is 3. The molecule has 0 amide bonds. The van der Waals surface area contributed by atoms with Crippen molar-refractivity contribution in [3.63, 3.8) is 0 Å². The molecule has 0 aliphatic carbocycles. The number of unbranched alkanes of at least 4 members (excludes halogenated alkanes) is 32. The van der Waals surface area contributed by atoms with E-state index in [-0.39, 0.29) is 37.5 Å². The standard InChI is InChI=1S/C62H110O6/c1-4-7-10-13-16-19-22-25-28-30-31-33-34-37-40-43-46-49-52-55-61(64)67-58-59(57-66-60(63)54-51-48-45-42-39-36-27-24-21-18-15-12-9-6-3)68-62(65)56-53-50-47-44-41-38-35-32-29-26-23-20-17-14-11-8-5-2/h8,11,17,20,26,29,35,38,44,47,59H,4-7,9-10,12-16,18-19,21-25,27-28,30-34,36-37,39-43,45-46,48-58H2,1-3H3/b11-8-,20-17-,29-26-,38-35-,47-44-/t59-/m1/s1. The molecular formula is C62H110O6. The predicted molar refractivity (Wildman–Crippen MR) is 293 cm³/mol. The lowest BCUT2D eigenvalue weighted by atomic mass is 10.0. The zero-order valence-corrected chi connectivity index (χ0v) is 45.1. The largest absolute Gasteiger partial charge is 0.462 e. The Morgan fingerprint density at radius 3 is 0.882 bits per heavy atom. The van der Waals surface area contributed by atoms with Gasteiger partial charge in [-0.15, -0.1) is 0 Å². The van der Waals surface area contributed by atoms with Crippen LogP contribution in [-0.2, 0) is 28.6 Å². The van der Waals surface area contributed by atoms with Crippen molar-refractivity contribution in [2.45, 2.75) is 303 Å². The minimum atomic E-state index is -0.800. The van der Waals surface area contributed by atoms with Crippen LogP contribution in [0.4, 0.5) is 0 Å². The van der Waals surface area contributed by atoms with Gasteiger partial charge in [0.1, 0.15) is 13.2 Å². The molecule has 6 heteroatoms. The van der Waals surface area contributed by atoms with E-state index in [1.54, 1.807) is 0 Å². The lowest BCUT2D eigenvalue weighted by molar-refractivity contribution is -0.167. The number of hydrogen-bond acceptors (Lipinski definition) is 6. The molecule has 1 atom stereocenters. The van der Waals surface area contributed by atoms with Gasteiger partial charge in [0.15, 0.2) is 6.10 Å². The minimum absolute atomic E-state index is 0.0927. The molecule has 0 aromatic carbocycles. The van der Waals surface area contributed by atoms with Gasteiger partial charge in [0, 0.05) is 19.3 Å². The first-order valence-corrected chi connectivity index (χ1v) is 29.3. The van der Waals surface area contributed by atoms with E-state index < -0.39 is 6.10 Å². The van der Waals surface area contributed by atoms with Crippen molar-refractivity contribution in [2.75, 3.05) is 13.2 Å². The normalized spacial score (nSPS) is 12.5. The molecule has 0 saturated carbocycles. The molecule has 0 heterocycles. The Morgan fingerprint density at radius 2 is 0.574 bits per heavy atom. The second kappa shape index (κ2) is 56.7. The Hall–Kier alpha value is -2.89. The van der Waals surface area contributed by atoms with Crippen LogP contribution in [0.15, 0.2) is 60.8 Å². The van der Waals surface area contributed by atoms with E-state index in [0.717, 1.165) is 77.0 Å². The fourth-order valence-corrected chi connectivity index (χ4v) is 8.42. The highest BCUT2D eigenvalue weighted by molar-refractivity contribution is 5.71. The monoisotopic (exact) mass is 951 g/mol. The van der Waals surface area contributed by atoms with Gasteiger partial charge in [0.05, 0.1) is 0 Å². The summed E-state index contributed by atoms with van der Waals surface area (Å²) < 4.78 is 16.8. The molecular weight excluding hydrogens is 841 g/mol. The second-order valence-electron chi connectivity index (χ2n) is 19.5. The molecule has 0 aliphatic rings. The summed E-state index contributed by atoms with van der Waals surface area (Å²) >= 11 is 0. The van der Waals surface area contributed by atoms with E-state index in [1.165, 1.54) is 173 Å². The van der Waals surface area contributed by atoms with E-state index in [1.807, 2.05) is 0 Å². The Morgan fingerprint density at radius 1 is 0.309 bits per heavy atom. The molecule has 0 bridgehead atoms. The van der Waals surface area contributed by atoms with Crippen molar-refractivity contribution in [2.24, 2.45) is 0 Å². The highest BCUT2D eigenvalue weighted by atomic mass is 16.6. The maximum atomic E-state index is 12.8. The SMILES string of the molecule is CC/C=C\C/C=C\C/C=C\C/C=C\C/C=C\CCCC(=O)O[C@H](COC(=O)CCCCCCCCCCCCCCCC)COC(=O)CCCCCCCCCCCCCCCCCCCCC. The molecule has 0 aliphatic heterocycles. The molecule has 6 nitrogen and oxygen atoms in total. The number of rotatable bonds is 53. The van der Waals surface area contributed by atoms with Gasteiger partial charge in [0.25, 0.3) is 0 Å². The summed E-state index contributed by atoms with van der Waals surface area (Å²) in [4.78, 5) is 38.1. The Labute approximate surface area is 421 Å². The molecule has 0 fully saturated rings. The van der Waals surface area contributed by atoms with Crippen molar-refractivity contribution >= 4 is 17.9 Å². The van der Waals surface area contributed by atoms with Crippen LogP contribution in [-0.4, -0.2) is 37.2 Å². The van der Waals surface area contributed by atoms with Crippen LogP contribution < -0.4 is 0 Å². The third kappa shape index (κ3) is 54.1. The summed E-state index contributed by atoms with van der Waals surface area (Å²) in [6.07, 6.45) is 70.8. The van der Waals surface area contributed by atoms with Crippen LogP contribution in [0.5, 0.6) is 0 Å². The molecule has 0 radical (unpaired) electrons. The topological polar surface area (TPSA) is 78.9 Å². The molecule has 0 N–H and O–H groups in total. The summed E-state index contributed by atoms with van der Waals surface area (Å²) in [6, 6.07) is 0. The second-order valence-corrected chi connectivity index (χ2v) is 19.5. The molecule has 0 aromatic rings. The smallest absolute Gasteiger partial charge is 0.306 e. The maximum Gasteiger partial charge on any atom is 0.306 e. The summed E-state index contributed by atoms with van der Waals surface area (Å²) in [5, 5.41) is 0. The summed E-state index contributed by atoms with van der Waals surface area (Å²) in [5.41, 5.74) is 0. The summed E-state index contributed by atoms with van der Waals surface area (Å²) in [7, 11) is 0. The number of carbonyl (C=O) groups excluding carboxylic acids is 3. The molecule has 394 valence electrons. The van der Waals surface area contributed by atoms with Crippen molar-refractivity contribution in [1.82, 2.24) is 0 Å². The van der Waals surface area contributed by atoms with Gasteiger partial charge in [0.2, 0.25) is 0 Å². The molecule has 0 rings (SSSR count). The van der Waals surface area contributed by atoms with Gasteiger partial charge in [-0.05, 0) is 57.8 Å². The molecule has 0 spiro atoms. The Kier molecular flexibility index (Phi) is 54.3. The van der Waals surface area contributed by atoms with Crippen LogP contribution in [0, 0.1) is 0 Å². The van der Waals surface area contributed by atoms with Crippen LogP contribution in [0.1, 0.15) is 297 Å². The van der Waals surface area contributed by atoms with Crippen LogP contribution in [0.3, 0.4) is 0 Å². The third-order valence-corrected chi connectivity index (χ3v) is 12.8. The predicted octanol–water partition coefficient (Wildman–Crippen LogP) is 19.6. The fraction of sp³-hybridized carbons (Fsp3) is 0.790. The van der Waals surface area contributed by atoms with Gasteiger partial charge in [-0.2, -0.15) is 0 Å². The van der Waals surface area contributed by atoms with Crippen LogP contribution in [0.25, 0.3) is 0 Å². The number of allylic oxidation sites excluding steroid dienone is 10. The Balaban J connectivity index is 4.41. The van der Waals surface area contributed by atoms with Crippen molar-refractivity contribution in [1.29, 1.82) is 0 Å². The quantitative estimate of drug-likeness (QED) is 0.0262. The van der Waals surface area contributed by atoms with E-state index in [2.05, 4.69) is 81.5 Å². The highest BCUT2D eigenvalue weighted by Crippen LogP contribution is 2.17. The first kappa shape index (κ1) is 65.1. The first-order valence-electron chi connectivity index (χ1n) is 29.3. The maximum absolute atomic E-state index is 12.8. The number of carbonyl (C=O) groups is 3. The summed E-state index contributed by atoms with van der Waals surface area (Å²) in [5.74, 6) is -0.936.